The topological polar surface area (TPSA) is 38.8 Å². The molecule has 26 heavy (non-hydrogen) atoms. The van der Waals surface area contributed by atoms with Crippen LogP contribution < -0.4 is 10.2 Å². The molecule has 5 heteroatoms. The van der Waals surface area contributed by atoms with Gasteiger partial charge in [0.05, 0.1) is 0 Å². The summed E-state index contributed by atoms with van der Waals surface area (Å²) in [4.78, 5) is 19.6. The molecule has 142 valence electrons. The van der Waals surface area contributed by atoms with Gasteiger partial charge in [-0.05, 0) is 44.9 Å². The van der Waals surface area contributed by atoms with E-state index in [1.165, 1.54) is 18.5 Å². The molecule has 1 N–H and O–H groups in total. The van der Waals surface area contributed by atoms with Crippen molar-refractivity contribution in [3.05, 3.63) is 30.3 Å². The van der Waals surface area contributed by atoms with Crippen molar-refractivity contribution in [2.45, 2.75) is 43.7 Å². The van der Waals surface area contributed by atoms with Crippen LogP contribution >= 0.6 is 0 Å². The lowest BCUT2D eigenvalue weighted by Gasteiger charge is -2.52. The predicted molar refractivity (Wildman–Crippen MR) is 105 cm³/mol. The summed E-state index contributed by atoms with van der Waals surface area (Å²) >= 11 is 0. The maximum atomic E-state index is 11.8. The number of piperazine rings is 1. The predicted octanol–water partition coefficient (Wildman–Crippen LogP) is 1.94. The Morgan fingerprint density at radius 3 is 2.58 bits per heavy atom. The van der Waals surface area contributed by atoms with Crippen LogP contribution in [0.4, 0.5) is 5.69 Å². The number of para-hydroxylation sites is 1. The molecular formula is C21H32N4O. The molecule has 1 amide bonds. The highest BCUT2D eigenvalue weighted by Crippen LogP contribution is 2.33. The van der Waals surface area contributed by atoms with Crippen LogP contribution in [0.5, 0.6) is 0 Å². The van der Waals surface area contributed by atoms with Crippen molar-refractivity contribution in [1.82, 2.24) is 15.1 Å². The van der Waals surface area contributed by atoms with Gasteiger partial charge in [-0.1, -0.05) is 18.2 Å². The van der Waals surface area contributed by atoms with Gasteiger partial charge in [0.2, 0.25) is 5.91 Å². The fourth-order valence-electron chi connectivity index (χ4n) is 5.07. The van der Waals surface area contributed by atoms with E-state index in [4.69, 9.17) is 0 Å². The first-order valence-corrected chi connectivity index (χ1v) is 10.2. The lowest BCUT2D eigenvalue weighted by molar-refractivity contribution is -0.121. The number of nitrogens with zero attached hydrogens (tertiary/aromatic N) is 3. The minimum atomic E-state index is 0.175. The molecule has 3 fully saturated rings. The second kappa shape index (κ2) is 7.57. The molecule has 0 saturated carbocycles. The van der Waals surface area contributed by atoms with Crippen molar-refractivity contribution in [2.75, 3.05) is 51.2 Å². The number of rotatable bonds is 2. The number of hydrogen-bond donors (Lipinski definition) is 1. The Morgan fingerprint density at radius 2 is 1.81 bits per heavy atom. The van der Waals surface area contributed by atoms with Gasteiger partial charge in [0.25, 0.3) is 0 Å². The normalized spacial score (nSPS) is 29.6. The summed E-state index contributed by atoms with van der Waals surface area (Å²) in [6, 6.07) is 11.5. The molecule has 0 radical (unpaired) electrons. The number of piperidine rings is 1. The largest absolute Gasteiger partial charge is 0.371 e. The summed E-state index contributed by atoms with van der Waals surface area (Å²) in [5.74, 6) is 0.226. The lowest BCUT2D eigenvalue weighted by atomic mass is 9.85. The molecule has 3 saturated heterocycles. The highest BCUT2D eigenvalue weighted by Gasteiger charge is 2.42. The molecule has 0 aromatic heterocycles. The minimum Gasteiger partial charge on any atom is -0.371 e. The Hall–Kier alpha value is -1.59. The first kappa shape index (κ1) is 17.8. The van der Waals surface area contributed by atoms with Gasteiger partial charge in [-0.2, -0.15) is 0 Å². The Balaban J connectivity index is 1.39. The van der Waals surface area contributed by atoms with Crippen molar-refractivity contribution in [2.24, 2.45) is 0 Å². The molecular weight excluding hydrogens is 324 g/mol. The average Bonchev–Trinajstić information content (AvgIpc) is 2.87. The van der Waals surface area contributed by atoms with E-state index in [1.807, 2.05) is 0 Å². The number of amides is 1. The van der Waals surface area contributed by atoms with Gasteiger partial charge < -0.3 is 10.2 Å². The molecule has 3 heterocycles. The van der Waals surface area contributed by atoms with E-state index in [0.29, 0.717) is 12.5 Å². The van der Waals surface area contributed by atoms with Gasteiger partial charge in [-0.3, -0.25) is 14.6 Å². The second-order valence-corrected chi connectivity index (χ2v) is 8.27. The Morgan fingerprint density at radius 1 is 1.04 bits per heavy atom. The smallest absolute Gasteiger partial charge is 0.220 e. The van der Waals surface area contributed by atoms with E-state index in [0.717, 1.165) is 52.1 Å². The molecule has 1 aromatic rings. The summed E-state index contributed by atoms with van der Waals surface area (Å²) in [7, 11) is 2.26. The van der Waals surface area contributed by atoms with Crippen LogP contribution in [0, 0.1) is 0 Å². The first-order valence-electron chi connectivity index (χ1n) is 10.2. The zero-order chi connectivity index (χ0) is 18.0. The zero-order valence-corrected chi connectivity index (χ0v) is 16.0. The van der Waals surface area contributed by atoms with Crippen molar-refractivity contribution in [1.29, 1.82) is 0 Å². The third-order valence-electron chi connectivity index (χ3n) is 6.86. The fourth-order valence-corrected chi connectivity index (χ4v) is 5.07. The van der Waals surface area contributed by atoms with Crippen LogP contribution in [-0.2, 0) is 4.79 Å². The summed E-state index contributed by atoms with van der Waals surface area (Å²) in [6.07, 6.45) is 5.23. The van der Waals surface area contributed by atoms with Crippen LogP contribution in [0.15, 0.2) is 30.3 Å². The minimum absolute atomic E-state index is 0.175. The third kappa shape index (κ3) is 3.60. The molecule has 0 bridgehead atoms. The number of hydrogen-bond acceptors (Lipinski definition) is 4. The van der Waals surface area contributed by atoms with Gasteiger partial charge in [-0.15, -0.1) is 0 Å². The van der Waals surface area contributed by atoms with E-state index in [1.54, 1.807) is 0 Å². The second-order valence-electron chi connectivity index (χ2n) is 8.27. The summed E-state index contributed by atoms with van der Waals surface area (Å²) in [5, 5.41) is 3.06. The van der Waals surface area contributed by atoms with E-state index in [9.17, 15) is 4.79 Å². The Bertz CT molecular complexity index is 614. The number of carbonyl (C=O) groups excluding carboxylic acids is 1. The third-order valence-corrected chi connectivity index (χ3v) is 6.86. The standard InChI is InChI=1S/C21H32N4O/c1-23-15-16-25(17-21(23)10-7-20(26)22-12-11-21)19-8-13-24(14-9-19)18-5-3-2-4-6-18/h2-6,19H,7-17H2,1H3,(H,22,26). The summed E-state index contributed by atoms with van der Waals surface area (Å²) in [6.45, 7) is 6.52. The number of likely N-dealkylation sites (N-methyl/N-ethyl adjacent to an activating group) is 1. The molecule has 1 unspecified atom stereocenters. The molecule has 1 spiro atoms. The van der Waals surface area contributed by atoms with Crippen molar-refractivity contribution >= 4 is 11.6 Å². The van der Waals surface area contributed by atoms with Crippen LogP contribution in [0.1, 0.15) is 32.1 Å². The summed E-state index contributed by atoms with van der Waals surface area (Å²) < 4.78 is 0. The monoisotopic (exact) mass is 356 g/mol. The highest BCUT2D eigenvalue weighted by atomic mass is 16.1. The number of carbonyl (C=O) groups is 1. The quantitative estimate of drug-likeness (QED) is 0.879. The van der Waals surface area contributed by atoms with Gasteiger partial charge in [-0.25, -0.2) is 0 Å². The van der Waals surface area contributed by atoms with Crippen molar-refractivity contribution in [3.8, 4) is 0 Å². The summed E-state index contributed by atoms with van der Waals surface area (Å²) in [5.41, 5.74) is 1.53. The van der Waals surface area contributed by atoms with E-state index < -0.39 is 0 Å². The van der Waals surface area contributed by atoms with Crippen molar-refractivity contribution < 1.29 is 4.79 Å². The van der Waals surface area contributed by atoms with Crippen LogP contribution in [-0.4, -0.2) is 73.6 Å². The molecule has 3 aliphatic rings. The Labute approximate surface area is 157 Å². The van der Waals surface area contributed by atoms with E-state index in [-0.39, 0.29) is 11.4 Å². The maximum Gasteiger partial charge on any atom is 0.220 e. The molecule has 4 rings (SSSR count). The maximum absolute atomic E-state index is 11.8. The fraction of sp³-hybridized carbons (Fsp3) is 0.667. The average molecular weight is 357 g/mol. The zero-order valence-electron chi connectivity index (χ0n) is 16.0. The molecule has 5 nitrogen and oxygen atoms in total. The van der Waals surface area contributed by atoms with E-state index >= 15 is 0 Å². The van der Waals surface area contributed by atoms with Gasteiger partial charge in [0.1, 0.15) is 0 Å². The van der Waals surface area contributed by atoms with E-state index in [2.05, 4.69) is 57.4 Å². The van der Waals surface area contributed by atoms with Gasteiger partial charge >= 0.3 is 0 Å². The number of nitrogens with one attached hydrogen (secondary N) is 1. The number of benzene rings is 1. The first-order chi connectivity index (χ1) is 12.7. The van der Waals surface area contributed by atoms with Gasteiger partial charge in [0, 0.05) is 63.0 Å². The SMILES string of the molecule is CN1CCN(C2CCN(c3ccccc3)CC2)CC12CCNC(=O)CC2. The van der Waals surface area contributed by atoms with Crippen LogP contribution in [0.3, 0.4) is 0 Å². The van der Waals surface area contributed by atoms with Gasteiger partial charge in [0.15, 0.2) is 0 Å². The van der Waals surface area contributed by atoms with Crippen LogP contribution in [0.2, 0.25) is 0 Å². The number of anilines is 1. The Kier molecular flexibility index (Phi) is 5.18. The molecule has 1 aromatic carbocycles. The molecule has 1 atom stereocenters. The lowest BCUT2D eigenvalue weighted by Crippen LogP contribution is -2.63. The van der Waals surface area contributed by atoms with Crippen molar-refractivity contribution in [3.63, 3.8) is 0 Å². The van der Waals surface area contributed by atoms with Crippen LogP contribution in [0.25, 0.3) is 0 Å². The molecule has 0 aliphatic carbocycles. The highest BCUT2D eigenvalue weighted by molar-refractivity contribution is 5.76. The molecule has 3 aliphatic heterocycles.